The molecule has 1 heterocycles. The fourth-order valence-corrected chi connectivity index (χ4v) is 1.68. The van der Waals surface area contributed by atoms with Gasteiger partial charge in [0.25, 0.3) is 0 Å². The molecule has 0 saturated heterocycles. The van der Waals surface area contributed by atoms with E-state index < -0.39 is 0 Å². The number of aryl methyl sites for hydroxylation is 2. The largest absolute Gasteiger partial charge is 0.437 e. The van der Waals surface area contributed by atoms with Crippen LogP contribution in [0.3, 0.4) is 0 Å². The van der Waals surface area contributed by atoms with Crippen LogP contribution < -0.4 is 10.5 Å². The Morgan fingerprint density at radius 1 is 1.21 bits per heavy atom. The zero-order valence-corrected chi connectivity index (χ0v) is 10.7. The minimum absolute atomic E-state index is 0.113. The molecule has 0 spiro atoms. The van der Waals surface area contributed by atoms with Crippen LogP contribution in [0.2, 0.25) is 0 Å². The average molecular weight is 258 g/mol. The monoisotopic (exact) mass is 258 g/mol. The zero-order valence-electron chi connectivity index (χ0n) is 10.7. The Kier molecular flexibility index (Phi) is 3.61. The number of nitrogens with two attached hydrogens (primary N) is 1. The topological polar surface area (TPSA) is 93.6 Å². The third-order valence-corrected chi connectivity index (χ3v) is 2.40. The molecule has 2 rings (SSSR count). The number of hydrogen-bond donors (Lipinski definition) is 2. The number of aromatic nitrogens is 2. The molecule has 0 aliphatic rings. The first-order valence-corrected chi connectivity index (χ1v) is 5.64. The van der Waals surface area contributed by atoms with Crippen LogP contribution in [-0.4, -0.2) is 21.0 Å². The quantitative estimate of drug-likeness (QED) is 0.380. The highest BCUT2D eigenvalue weighted by Gasteiger charge is 2.06. The Morgan fingerprint density at radius 3 is 2.53 bits per heavy atom. The zero-order chi connectivity index (χ0) is 13.8. The molecule has 2 aromatic rings. The van der Waals surface area contributed by atoms with Gasteiger partial charge in [0, 0.05) is 0 Å². The van der Waals surface area contributed by atoms with Gasteiger partial charge in [-0.25, -0.2) is 4.98 Å². The third-order valence-electron chi connectivity index (χ3n) is 2.40. The number of hydrogen-bond acceptors (Lipinski definition) is 5. The molecule has 0 aliphatic heterocycles. The number of rotatable bonds is 3. The molecule has 1 aromatic heterocycles. The second-order valence-corrected chi connectivity index (χ2v) is 4.15. The molecule has 3 N–H and O–H groups in total. The van der Waals surface area contributed by atoms with E-state index in [4.69, 9.17) is 15.7 Å². The first kappa shape index (κ1) is 12.8. The number of ether oxygens (including phenoxy) is 1. The van der Waals surface area contributed by atoms with Crippen LogP contribution in [0.15, 0.2) is 35.7 Å². The molecular weight excluding hydrogens is 244 g/mol. The van der Waals surface area contributed by atoms with Gasteiger partial charge >= 0.3 is 0 Å². The molecule has 0 atom stereocenters. The summed E-state index contributed by atoms with van der Waals surface area (Å²) in [4.78, 5) is 8.03. The minimum atomic E-state index is -0.113. The van der Waals surface area contributed by atoms with Gasteiger partial charge in [-0.1, -0.05) is 11.2 Å². The van der Waals surface area contributed by atoms with E-state index in [1.54, 1.807) is 0 Å². The smallest absolute Gasteiger partial charge is 0.238 e. The first-order valence-electron chi connectivity index (χ1n) is 5.64. The van der Waals surface area contributed by atoms with E-state index in [9.17, 15) is 0 Å². The minimum Gasteiger partial charge on any atom is -0.437 e. The fraction of sp³-hybridized carbons (Fsp3) is 0.154. The summed E-state index contributed by atoms with van der Waals surface area (Å²) in [6.45, 7) is 3.97. The van der Waals surface area contributed by atoms with Gasteiger partial charge in [-0.2, -0.15) is 0 Å². The summed E-state index contributed by atoms with van der Waals surface area (Å²) in [6, 6.07) is 5.83. The van der Waals surface area contributed by atoms with E-state index in [1.807, 2.05) is 32.0 Å². The second kappa shape index (κ2) is 5.34. The number of benzene rings is 1. The van der Waals surface area contributed by atoms with Crippen LogP contribution in [0, 0.1) is 13.8 Å². The summed E-state index contributed by atoms with van der Waals surface area (Å²) in [5.41, 5.74) is 7.89. The highest BCUT2D eigenvalue weighted by Crippen LogP contribution is 2.21. The highest BCUT2D eigenvalue weighted by molar-refractivity contribution is 5.94. The van der Waals surface area contributed by atoms with Crippen LogP contribution in [0.5, 0.6) is 11.6 Å². The van der Waals surface area contributed by atoms with Gasteiger partial charge in [-0.15, -0.1) is 0 Å². The summed E-state index contributed by atoms with van der Waals surface area (Å²) in [5.74, 6) is 0.843. The summed E-state index contributed by atoms with van der Waals surface area (Å²) in [5, 5.41) is 11.5. The van der Waals surface area contributed by atoms with Crippen molar-refractivity contribution in [1.82, 2.24) is 9.97 Å². The van der Waals surface area contributed by atoms with Gasteiger partial charge in [-0.05, 0) is 37.1 Å². The van der Waals surface area contributed by atoms with E-state index in [2.05, 4.69) is 15.1 Å². The molecule has 0 fully saturated rings. The second-order valence-electron chi connectivity index (χ2n) is 4.15. The van der Waals surface area contributed by atoms with Crippen molar-refractivity contribution in [2.24, 2.45) is 10.9 Å². The van der Waals surface area contributed by atoms with Crippen molar-refractivity contribution >= 4 is 5.84 Å². The Bertz CT molecular complexity index is 606. The fourth-order valence-electron chi connectivity index (χ4n) is 1.68. The Balaban J connectivity index is 2.28. The maximum Gasteiger partial charge on any atom is 0.238 e. The van der Waals surface area contributed by atoms with Crippen molar-refractivity contribution in [3.63, 3.8) is 0 Å². The van der Waals surface area contributed by atoms with E-state index in [1.165, 1.54) is 12.4 Å². The number of oxime groups is 1. The van der Waals surface area contributed by atoms with Crippen LogP contribution in [0.25, 0.3) is 0 Å². The number of nitrogens with zero attached hydrogens (tertiary/aromatic N) is 3. The molecular formula is C13H14N4O2. The summed E-state index contributed by atoms with van der Waals surface area (Å²) in [6.07, 6.45) is 2.86. The molecule has 0 bridgehead atoms. The summed E-state index contributed by atoms with van der Waals surface area (Å²) < 4.78 is 5.61. The Hall–Kier alpha value is -2.63. The van der Waals surface area contributed by atoms with Crippen molar-refractivity contribution in [3.05, 3.63) is 47.4 Å². The van der Waals surface area contributed by atoms with Gasteiger partial charge in [0.2, 0.25) is 5.88 Å². The molecule has 6 nitrogen and oxygen atoms in total. The number of amidine groups is 1. The van der Waals surface area contributed by atoms with Crippen molar-refractivity contribution < 1.29 is 9.94 Å². The standard InChI is InChI=1S/C13H14N4O2/c1-8-3-9(2)5-10(4-8)19-12-7-15-6-11(16-12)13(14)17-18/h3-7,18H,1-2H3,(H2,14,17). The van der Waals surface area contributed by atoms with Crippen LogP contribution in [0.1, 0.15) is 16.8 Å². The van der Waals surface area contributed by atoms with Gasteiger partial charge in [0.1, 0.15) is 11.4 Å². The Morgan fingerprint density at radius 2 is 1.89 bits per heavy atom. The maximum atomic E-state index is 8.60. The molecule has 6 heteroatoms. The SMILES string of the molecule is Cc1cc(C)cc(Oc2cncc(/C(N)=N/O)n2)c1. The molecule has 0 aliphatic carbocycles. The lowest BCUT2D eigenvalue weighted by atomic mass is 10.1. The molecule has 19 heavy (non-hydrogen) atoms. The van der Waals surface area contributed by atoms with Crippen molar-refractivity contribution in [2.75, 3.05) is 0 Å². The molecule has 0 unspecified atom stereocenters. The lowest BCUT2D eigenvalue weighted by Crippen LogP contribution is -2.15. The lowest BCUT2D eigenvalue weighted by Gasteiger charge is -2.07. The molecule has 0 amide bonds. The van der Waals surface area contributed by atoms with Crippen molar-refractivity contribution in [3.8, 4) is 11.6 Å². The van der Waals surface area contributed by atoms with E-state index in [-0.39, 0.29) is 17.4 Å². The first-order chi connectivity index (χ1) is 9.08. The summed E-state index contributed by atoms with van der Waals surface area (Å²) in [7, 11) is 0. The molecule has 1 aromatic carbocycles. The van der Waals surface area contributed by atoms with Gasteiger partial charge in [-0.3, -0.25) is 4.98 Å². The maximum absolute atomic E-state index is 8.60. The average Bonchev–Trinajstić information content (AvgIpc) is 2.37. The molecule has 98 valence electrons. The van der Waals surface area contributed by atoms with Crippen molar-refractivity contribution in [1.29, 1.82) is 0 Å². The summed E-state index contributed by atoms with van der Waals surface area (Å²) >= 11 is 0. The van der Waals surface area contributed by atoms with Gasteiger partial charge in [0.15, 0.2) is 5.84 Å². The van der Waals surface area contributed by atoms with E-state index >= 15 is 0 Å². The predicted octanol–water partition coefficient (Wildman–Crippen LogP) is 1.98. The third kappa shape index (κ3) is 3.19. The van der Waals surface area contributed by atoms with E-state index in [0.717, 1.165) is 11.1 Å². The predicted molar refractivity (Wildman–Crippen MR) is 70.5 cm³/mol. The highest BCUT2D eigenvalue weighted by atomic mass is 16.5. The molecule has 0 saturated carbocycles. The Labute approximate surface area is 110 Å². The molecule has 0 radical (unpaired) electrons. The lowest BCUT2D eigenvalue weighted by molar-refractivity contribution is 0.318. The normalized spacial score (nSPS) is 11.4. The van der Waals surface area contributed by atoms with Gasteiger partial charge < -0.3 is 15.7 Å². The van der Waals surface area contributed by atoms with Gasteiger partial charge in [0.05, 0.1) is 12.4 Å². The van der Waals surface area contributed by atoms with Crippen LogP contribution in [0.4, 0.5) is 0 Å². The van der Waals surface area contributed by atoms with E-state index in [0.29, 0.717) is 5.75 Å². The van der Waals surface area contributed by atoms with Crippen LogP contribution in [-0.2, 0) is 0 Å². The van der Waals surface area contributed by atoms with Crippen molar-refractivity contribution in [2.45, 2.75) is 13.8 Å². The van der Waals surface area contributed by atoms with Crippen LogP contribution >= 0.6 is 0 Å².